The van der Waals surface area contributed by atoms with E-state index in [0.29, 0.717) is 0 Å². The van der Waals surface area contributed by atoms with Gasteiger partial charge in [-0.25, -0.2) is 0 Å². The van der Waals surface area contributed by atoms with Gasteiger partial charge >= 0.3 is 0 Å². The van der Waals surface area contributed by atoms with Gasteiger partial charge in [0.15, 0.2) is 0 Å². The van der Waals surface area contributed by atoms with Crippen LogP contribution < -0.4 is 14.7 Å². The molecule has 0 aliphatic heterocycles. The van der Waals surface area contributed by atoms with Gasteiger partial charge in [-0.2, -0.15) is 0 Å². The van der Waals surface area contributed by atoms with Crippen LogP contribution in [0.3, 0.4) is 0 Å². The molecule has 0 aromatic heterocycles. The lowest BCUT2D eigenvalue weighted by Gasteiger charge is -2.35. The standard InChI is InChI=1S/C98H65N3/c1-6-29-66(30-7-1)77-57-53-76(65-96(77)101(70-37-14-5-15-38-70)74-56-60-94-89(63-74)86-48-23-24-49-90(86)97(94,67-31-8-2-9-32-67)68-33-10-3-11-34-68)100(75-55-59-87-85-47-22-27-52-93(85)98(95(87)64-75)91-50-25-20-45-83(91)84-46-21-26-51-92(84)98)72-40-28-39-71(61-72)99(69-35-12-4-13-36-69)73-54-58-82-80-43-17-16-41-78(80)79-42-18-19-44-81(79)88(82)62-73/h1-65H. The Kier molecular flexibility index (Phi) is 13.4. The molecule has 0 fully saturated rings. The molecule has 3 nitrogen and oxygen atoms in total. The van der Waals surface area contributed by atoms with Crippen molar-refractivity contribution in [1.82, 2.24) is 0 Å². The highest BCUT2D eigenvalue weighted by Crippen LogP contribution is 2.64. The summed E-state index contributed by atoms with van der Waals surface area (Å²) in [7, 11) is 0. The molecule has 3 heteroatoms. The number of benzene rings is 17. The third-order valence-electron chi connectivity index (χ3n) is 21.9. The minimum absolute atomic E-state index is 0.555. The maximum absolute atomic E-state index is 2.53. The van der Waals surface area contributed by atoms with Gasteiger partial charge in [-0.15, -0.1) is 0 Å². The van der Waals surface area contributed by atoms with Crippen molar-refractivity contribution in [2.24, 2.45) is 0 Å². The van der Waals surface area contributed by atoms with Crippen LogP contribution in [0, 0.1) is 0 Å². The van der Waals surface area contributed by atoms with Crippen LogP contribution in [0.25, 0.3) is 76.8 Å². The predicted molar refractivity (Wildman–Crippen MR) is 422 cm³/mol. The summed E-state index contributed by atoms with van der Waals surface area (Å²) in [6.07, 6.45) is 0. The number of hydrogen-bond acceptors (Lipinski definition) is 3. The smallest absolute Gasteiger partial charge is 0.0726 e. The first kappa shape index (κ1) is 58.1. The third-order valence-corrected chi connectivity index (χ3v) is 21.9. The molecule has 3 aliphatic rings. The Morgan fingerprint density at radius 3 is 1.04 bits per heavy atom. The molecular formula is C98H65N3. The molecule has 0 bridgehead atoms. The molecule has 0 N–H and O–H groups in total. The molecule has 0 saturated heterocycles. The maximum Gasteiger partial charge on any atom is 0.0726 e. The summed E-state index contributed by atoms with van der Waals surface area (Å²) in [6, 6.07) is 147. The van der Waals surface area contributed by atoms with Crippen LogP contribution in [0.1, 0.15) is 44.5 Å². The van der Waals surface area contributed by atoms with Gasteiger partial charge in [0.1, 0.15) is 0 Å². The molecule has 0 atom stereocenters. The van der Waals surface area contributed by atoms with Crippen molar-refractivity contribution < 1.29 is 0 Å². The molecule has 1 spiro atoms. The minimum atomic E-state index is -0.574. The number of hydrogen-bond donors (Lipinski definition) is 0. The van der Waals surface area contributed by atoms with Crippen LogP contribution in [0.4, 0.5) is 51.2 Å². The van der Waals surface area contributed by atoms with E-state index in [4.69, 9.17) is 0 Å². The molecular weight excluding hydrogens is 1220 g/mol. The fourth-order valence-corrected chi connectivity index (χ4v) is 17.8. The second-order valence-corrected chi connectivity index (χ2v) is 27.0. The molecule has 0 heterocycles. The zero-order chi connectivity index (χ0) is 66.6. The highest BCUT2D eigenvalue weighted by Gasteiger charge is 2.52. The lowest BCUT2D eigenvalue weighted by Crippen LogP contribution is -2.28. The van der Waals surface area contributed by atoms with Crippen molar-refractivity contribution in [1.29, 1.82) is 0 Å². The van der Waals surface area contributed by atoms with Gasteiger partial charge in [0, 0.05) is 51.1 Å². The average molecular weight is 1280 g/mol. The van der Waals surface area contributed by atoms with Crippen molar-refractivity contribution in [2.75, 3.05) is 14.7 Å². The Hall–Kier alpha value is -13.1. The zero-order valence-electron chi connectivity index (χ0n) is 55.4. The second kappa shape index (κ2) is 23.3. The van der Waals surface area contributed by atoms with Gasteiger partial charge in [0.05, 0.1) is 16.5 Å². The molecule has 0 unspecified atom stereocenters. The molecule has 0 radical (unpaired) electrons. The zero-order valence-corrected chi connectivity index (χ0v) is 55.4. The normalized spacial score (nSPS) is 13.1. The van der Waals surface area contributed by atoms with E-state index in [1.54, 1.807) is 0 Å². The van der Waals surface area contributed by atoms with Crippen LogP contribution in [-0.4, -0.2) is 0 Å². The van der Waals surface area contributed by atoms with Gasteiger partial charge in [-0.05, 0) is 207 Å². The lowest BCUT2D eigenvalue weighted by atomic mass is 9.68. The Bertz CT molecular complexity index is 5970. The van der Waals surface area contributed by atoms with E-state index in [1.165, 1.54) is 110 Å². The Morgan fingerprint density at radius 2 is 0.495 bits per heavy atom. The van der Waals surface area contributed by atoms with Crippen LogP contribution in [0.5, 0.6) is 0 Å². The van der Waals surface area contributed by atoms with E-state index in [9.17, 15) is 0 Å². The van der Waals surface area contributed by atoms with Gasteiger partial charge in [0.2, 0.25) is 0 Å². The van der Waals surface area contributed by atoms with E-state index in [0.717, 1.165) is 62.3 Å². The largest absolute Gasteiger partial charge is 0.310 e. The highest BCUT2D eigenvalue weighted by molar-refractivity contribution is 6.26. The lowest BCUT2D eigenvalue weighted by molar-refractivity contribution is 0.768. The van der Waals surface area contributed by atoms with E-state index >= 15 is 0 Å². The van der Waals surface area contributed by atoms with Crippen LogP contribution in [0.15, 0.2) is 394 Å². The van der Waals surface area contributed by atoms with Crippen molar-refractivity contribution in [3.63, 3.8) is 0 Å². The first-order chi connectivity index (χ1) is 50.1. The Labute approximate surface area is 588 Å². The number of rotatable bonds is 12. The third kappa shape index (κ3) is 8.80. The second-order valence-electron chi connectivity index (χ2n) is 27.0. The van der Waals surface area contributed by atoms with Crippen molar-refractivity contribution in [2.45, 2.75) is 10.8 Å². The first-order valence-electron chi connectivity index (χ1n) is 35.1. The maximum atomic E-state index is 2.53. The monoisotopic (exact) mass is 1280 g/mol. The molecule has 17 aromatic rings. The summed E-state index contributed by atoms with van der Waals surface area (Å²) in [6.45, 7) is 0. The topological polar surface area (TPSA) is 9.72 Å². The molecule has 3 aliphatic carbocycles. The van der Waals surface area contributed by atoms with E-state index < -0.39 is 10.8 Å². The summed E-state index contributed by atoms with van der Waals surface area (Å²) in [5, 5.41) is 7.44. The molecule has 17 aromatic carbocycles. The van der Waals surface area contributed by atoms with Gasteiger partial charge in [-0.3, -0.25) is 0 Å². The van der Waals surface area contributed by atoms with Gasteiger partial charge in [-0.1, -0.05) is 303 Å². The predicted octanol–water partition coefficient (Wildman–Crippen LogP) is 25.9. The molecule has 101 heavy (non-hydrogen) atoms. The summed E-state index contributed by atoms with van der Waals surface area (Å²) >= 11 is 0. The fourth-order valence-electron chi connectivity index (χ4n) is 17.8. The number of anilines is 9. The molecule has 20 rings (SSSR count). The first-order valence-corrected chi connectivity index (χ1v) is 35.1. The molecule has 0 saturated carbocycles. The van der Waals surface area contributed by atoms with E-state index in [-0.39, 0.29) is 0 Å². The van der Waals surface area contributed by atoms with Crippen molar-refractivity contribution in [3.8, 4) is 44.5 Å². The minimum Gasteiger partial charge on any atom is -0.310 e. The van der Waals surface area contributed by atoms with Gasteiger partial charge < -0.3 is 14.7 Å². The van der Waals surface area contributed by atoms with E-state index in [1.807, 2.05) is 0 Å². The van der Waals surface area contributed by atoms with Gasteiger partial charge in [0.25, 0.3) is 0 Å². The fraction of sp³-hybridized carbons (Fsp3) is 0.0204. The van der Waals surface area contributed by atoms with Crippen LogP contribution >= 0.6 is 0 Å². The summed E-state index contributed by atoms with van der Waals surface area (Å²) < 4.78 is 0. The van der Waals surface area contributed by atoms with Crippen LogP contribution in [-0.2, 0) is 10.8 Å². The summed E-state index contributed by atoms with van der Waals surface area (Å²) in [5.74, 6) is 0. The summed E-state index contributed by atoms with van der Waals surface area (Å²) in [4.78, 5) is 7.45. The average Bonchev–Trinajstić information content (AvgIpc) is 1.52. The quantitative estimate of drug-likeness (QED) is 0.113. The van der Waals surface area contributed by atoms with Crippen molar-refractivity contribution in [3.05, 3.63) is 439 Å². The van der Waals surface area contributed by atoms with E-state index in [2.05, 4.69) is 409 Å². The van der Waals surface area contributed by atoms with Crippen LogP contribution in [0.2, 0.25) is 0 Å². The highest BCUT2D eigenvalue weighted by atomic mass is 15.2. The number of para-hydroxylation sites is 2. The Morgan fingerprint density at radius 1 is 0.158 bits per heavy atom. The molecule has 0 amide bonds. The Balaban J connectivity index is 0.836. The summed E-state index contributed by atoms with van der Waals surface area (Å²) in [5.41, 5.74) is 28.1. The van der Waals surface area contributed by atoms with Crippen molar-refractivity contribution >= 4 is 83.5 Å². The number of fused-ring (bicyclic) bond motifs is 19. The molecule has 472 valence electrons. The SMILES string of the molecule is c1ccc(-c2ccc(N(c3cccc(N(c4ccccc4)c4ccc5c6ccccc6c6ccccc6c5c4)c3)c3ccc4c(c3)C3(c5ccccc5-c5ccccc53)c3ccccc3-4)cc2N(c2ccccc2)c2ccc3c(c2)-c2ccccc2C3(c2ccccc2)c2ccccc2)cc1. The number of nitrogens with zero attached hydrogens (tertiary/aromatic N) is 3.